The third kappa shape index (κ3) is 3.56. The van der Waals surface area contributed by atoms with E-state index in [0.29, 0.717) is 34.6 Å². The Labute approximate surface area is 165 Å². The summed E-state index contributed by atoms with van der Waals surface area (Å²) in [5, 5.41) is 11.8. The number of methoxy groups -OCH3 is 1. The third-order valence-electron chi connectivity index (χ3n) is 4.26. The number of carbonyl (C=O) groups is 1. The zero-order valence-electron chi connectivity index (χ0n) is 15.6. The lowest BCUT2D eigenvalue weighted by atomic mass is 10.2. The maximum absolute atomic E-state index is 11.4. The number of fused-ring (bicyclic) bond motifs is 1. The van der Waals surface area contributed by atoms with Gasteiger partial charge in [-0.05, 0) is 37.3 Å². The van der Waals surface area contributed by atoms with Crippen molar-refractivity contribution < 1.29 is 14.7 Å². The van der Waals surface area contributed by atoms with Crippen molar-refractivity contribution in [2.45, 2.75) is 6.92 Å². The van der Waals surface area contributed by atoms with Gasteiger partial charge in [-0.1, -0.05) is 0 Å². The molecule has 0 atom stereocenters. The molecule has 0 unspecified atom stereocenters. The molecule has 146 valence electrons. The van der Waals surface area contributed by atoms with E-state index in [1.807, 2.05) is 17.5 Å². The van der Waals surface area contributed by atoms with Gasteiger partial charge in [-0.2, -0.15) is 4.98 Å². The van der Waals surface area contributed by atoms with Crippen molar-refractivity contribution in [3.05, 3.63) is 60.0 Å². The van der Waals surface area contributed by atoms with Crippen molar-refractivity contribution in [1.82, 2.24) is 29.8 Å². The van der Waals surface area contributed by atoms with Gasteiger partial charge in [-0.25, -0.2) is 20.4 Å². The van der Waals surface area contributed by atoms with Gasteiger partial charge >= 0.3 is 0 Å². The molecule has 0 radical (unpaired) electrons. The van der Waals surface area contributed by atoms with Gasteiger partial charge in [-0.3, -0.25) is 14.4 Å². The van der Waals surface area contributed by atoms with Gasteiger partial charge in [0.2, 0.25) is 17.6 Å². The molecule has 0 bridgehead atoms. The Morgan fingerprint density at radius 2 is 1.90 bits per heavy atom. The van der Waals surface area contributed by atoms with Gasteiger partial charge in [0.1, 0.15) is 0 Å². The first-order chi connectivity index (χ1) is 14.1. The highest BCUT2D eigenvalue weighted by atomic mass is 16.5. The Kier molecular flexibility index (Phi) is 4.75. The number of aromatic nitrogens is 5. The normalized spacial score (nSPS) is 10.7. The van der Waals surface area contributed by atoms with Crippen molar-refractivity contribution in [3.8, 4) is 17.3 Å². The lowest BCUT2D eigenvalue weighted by molar-refractivity contribution is 0.0706. The molecule has 0 fully saturated rings. The maximum atomic E-state index is 11.4. The van der Waals surface area contributed by atoms with Gasteiger partial charge in [-0.15, -0.1) is 0 Å². The summed E-state index contributed by atoms with van der Waals surface area (Å²) in [6.45, 7) is 1.89. The fraction of sp³-hybridized carbons (Fsp3) is 0.105. The van der Waals surface area contributed by atoms with Crippen molar-refractivity contribution in [3.63, 3.8) is 0 Å². The first-order valence-electron chi connectivity index (χ1n) is 8.63. The van der Waals surface area contributed by atoms with E-state index in [-0.39, 0.29) is 0 Å². The summed E-state index contributed by atoms with van der Waals surface area (Å²) < 4.78 is 6.99. The van der Waals surface area contributed by atoms with Crippen LogP contribution in [0, 0.1) is 6.92 Å². The number of aryl methyl sites for hydroxylation is 1. The van der Waals surface area contributed by atoms with Crippen LogP contribution in [0.2, 0.25) is 0 Å². The number of imidazole rings is 1. The zero-order chi connectivity index (χ0) is 20.4. The average molecular weight is 391 g/mol. The van der Waals surface area contributed by atoms with E-state index in [2.05, 4.69) is 25.3 Å². The van der Waals surface area contributed by atoms with E-state index >= 15 is 0 Å². The molecule has 3 aromatic heterocycles. The number of hydrogen-bond donors (Lipinski definition) is 3. The molecule has 0 aliphatic carbocycles. The number of benzene rings is 1. The Morgan fingerprint density at radius 3 is 2.62 bits per heavy atom. The maximum Gasteiger partial charge on any atom is 0.274 e. The summed E-state index contributed by atoms with van der Waals surface area (Å²) in [4.78, 5) is 29.1. The van der Waals surface area contributed by atoms with E-state index in [4.69, 9.17) is 9.94 Å². The molecule has 0 saturated heterocycles. The van der Waals surface area contributed by atoms with Crippen LogP contribution in [0.1, 0.15) is 16.1 Å². The van der Waals surface area contributed by atoms with Crippen LogP contribution in [0.15, 0.2) is 48.8 Å². The molecule has 1 amide bonds. The van der Waals surface area contributed by atoms with Crippen molar-refractivity contribution in [2.24, 2.45) is 0 Å². The molecule has 10 heteroatoms. The van der Waals surface area contributed by atoms with Crippen LogP contribution in [0.4, 0.5) is 11.6 Å². The minimum atomic E-state index is -0.580. The smallest absolute Gasteiger partial charge is 0.274 e. The van der Waals surface area contributed by atoms with Crippen LogP contribution >= 0.6 is 0 Å². The summed E-state index contributed by atoms with van der Waals surface area (Å²) in [6, 6.07) is 10.1. The van der Waals surface area contributed by atoms with Crippen LogP contribution in [0.5, 0.6) is 5.88 Å². The largest absolute Gasteiger partial charge is 0.481 e. The van der Waals surface area contributed by atoms with Crippen LogP contribution in [-0.4, -0.2) is 42.6 Å². The molecule has 0 aliphatic rings. The Morgan fingerprint density at radius 1 is 1.10 bits per heavy atom. The molecule has 0 saturated carbocycles. The topological polar surface area (TPSA) is 127 Å². The quantitative estimate of drug-likeness (QED) is 0.350. The monoisotopic (exact) mass is 391 g/mol. The summed E-state index contributed by atoms with van der Waals surface area (Å²) >= 11 is 0. The third-order valence-corrected chi connectivity index (χ3v) is 4.26. The zero-order valence-corrected chi connectivity index (χ0v) is 15.6. The number of hydrogen-bond acceptors (Lipinski definition) is 8. The van der Waals surface area contributed by atoms with Gasteiger partial charge in [0, 0.05) is 29.7 Å². The molecule has 1 aromatic carbocycles. The number of nitrogens with zero attached hydrogens (tertiary/aromatic N) is 5. The SMILES string of the molecule is COc1ccn2c(-c3ccnc(Nc4ccc(C(=O)NO)cc4)n3)c(C)nc2n1. The second-order valence-electron chi connectivity index (χ2n) is 6.09. The molecule has 3 heterocycles. The van der Waals surface area contributed by atoms with E-state index in [0.717, 1.165) is 11.4 Å². The minimum Gasteiger partial charge on any atom is -0.481 e. The van der Waals surface area contributed by atoms with E-state index in [9.17, 15) is 4.79 Å². The van der Waals surface area contributed by atoms with E-state index in [1.165, 1.54) is 0 Å². The number of carbonyl (C=O) groups excluding carboxylic acids is 1. The van der Waals surface area contributed by atoms with Crippen molar-refractivity contribution in [2.75, 3.05) is 12.4 Å². The molecule has 4 aromatic rings. The summed E-state index contributed by atoms with van der Waals surface area (Å²) in [5.74, 6) is 0.806. The van der Waals surface area contributed by atoms with Crippen molar-refractivity contribution in [1.29, 1.82) is 0 Å². The highest BCUT2D eigenvalue weighted by molar-refractivity contribution is 5.93. The molecule has 0 spiro atoms. The van der Waals surface area contributed by atoms with Gasteiger partial charge < -0.3 is 10.1 Å². The Bertz CT molecular complexity index is 1190. The van der Waals surface area contributed by atoms with Crippen LogP contribution in [0.3, 0.4) is 0 Å². The highest BCUT2D eigenvalue weighted by Crippen LogP contribution is 2.25. The van der Waals surface area contributed by atoms with Gasteiger partial charge in [0.25, 0.3) is 5.91 Å². The number of nitrogens with one attached hydrogen (secondary N) is 2. The first-order valence-corrected chi connectivity index (χ1v) is 8.63. The summed E-state index contributed by atoms with van der Waals surface area (Å²) in [5.41, 5.74) is 4.87. The lowest BCUT2D eigenvalue weighted by Gasteiger charge is -2.08. The number of anilines is 2. The average Bonchev–Trinajstić information content (AvgIpc) is 3.08. The fourth-order valence-electron chi connectivity index (χ4n) is 2.90. The predicted octanol–water partition coefficient (Wildman–Crippen LogP) is 2.37. The van der Waals surface area contributed by atoms with Crippen LogP contribution in [0.25, 0.3) is 17.2 Å². The highest BCUT2D eigenvalue weighted by Gasteiger charge is 2.15. The standard InChI is InChI=1S/C19H17N7O3/c1-11-16(26-10-8-15(29-2)24-19(26)21-11)14-7-9-20-18(23-14)22-13-5-3-12(4-6-13)17(27)25-28/h3-10,28H,1-2H3,(H,25,27)(H,20,22,23). The lowest BCUT2D eigenvalue weighted by Crippen LogP contribution is -2.18. The summed E-state index contributed by atoms with van der Waals surface area (Å²) in [6.07, 6.45) is 3.48. The number of rotatable bonds is 5. The Balaban J connectivity index is 1.65. The molecular weight excluding hydrogens is 374 g/mol. The first kappa shape index (κ1) is 18.3. The molecule has 0 aliphatic heterocycles. The number of hydroxylamine groups is 1. The molecule has 29 heavy (non-hydrogen) atoms. The Hall–Kier alpha value is -4.05. The van der Waals surface area contributed by atoms with E-state index < -0.39 is 5.91 Å². The molecular formula is C19H17N7O3. The second kappa shape index (κ2) is 7.52. The predicted molar refractivity (Wildman–Crippen MR) is 104 cm³/mol. The van der Waals surface area contributed by atoms with Crippen LogP contribution < -0.4 is 15.5 Å². The molecule has 4 rings (SSSR count). The van der Waals surface area contributed by atoms with Crippen LogP contribution in [-0.2, 0) is 0 Å². The van der Waals surface area contributed by atoms with Gasteiger partial charge in [0.05, 0.1) is 24.2 Å². The fourth-order valence-corrected chi connectivity index (χ4v) is 2.90. The van der Waals surface area contributed by atoms with Gasteiger partial charge in [0.15, 0.2) is 0 Å². The molecule has 3 N–H and O–H groups in total. The minimum absolute atomic E-state index is 0.331. The second-order valence-corrected chi connectivity index (χ2v) is 6.09. The van der Waals surface area contributed by atoms with Crippen molar-refractivity contribution >= 4 is 23.3 Å². The molecule has 10 nitrogen and oxygen atoms in total. The van der Waals surface area contributed by atoms with E-state index in [1.54, 1.807) is 55.2 Å². The number of amides is 1. The summed E-state index contributed by atoms with van der Waals surface area (Å²) in [7, 11) is 1.56. The number of ether oxygens (including phenoxy) is 1.